The SMILES string of the molecule is C[C@@H]1Cc2[nH]nc(C3CCCC3)c2CN1C(=O)O. The minimum absolute atomic E-state index is 0.0341. The number of aromatic amines is 1. The van der Waals surface area contributed by atoms with Crippen molar-refractivity contribution in [3.63, 3.8) is 0 Å². The fourth-order valence-electron chi connectivity index (χ4n) is 3.29. The van der Waals surface area contributed by atoms with Gasteiger partial charge in [-0.15, -0.1) is 0 Å². The van der Waals surface area contributed by atoms with Crippen LogP contribution >= 0.6 is 0 Å². The number of amides is 1. The number of fused-ring (bicyclic) bond motifs is 1. The van der Waals surface area contributed by atoms with Crippen LogP contribution in [0.3, 0.4) is 0 Å². The van der Waals surface area contributed by atoms with E-state index in [1.54, 1.807) is 0 Å². The van der Waals surface area contributed by atoms with E-state index in [0.29, 0.717) is 12.5 Å². The van der Waals surface area contributed by atoms with Crippen LogP contribution in [0, 0.1) is 0 Å². The van der Waals surface area contributed by atoms with E-state index in [1.165, 1.54) is 30.6 Å². The molecule has 1 aromatic heterocycles. The molecule has 1 aliphatic heterocycles. The van der Waals surface area contributed by atoms with Crippen LogP contribution in [0.2, 0.25) is 0 Å². The molecule has 3 rings (SSSR count). The molecule has 1 aliphatic carbocycles. The van der Waals surface area contributed by atoms with Gasteiger partial charge in [0.25, 0.3) is 0 Å². The van der Waals surface area contributed by atoms with Crippen molar-refractivity contribution in [2.24, 2.45) is 0 Å². The molecule has 2 N–H and O–H groups in total. The van der Waals surface area contributed by atoms with Gasteiger partial charge in [0.1, 0.15) is 0 Å². The third-order valence-corrected chi connectivity index (χ3v) is 4.33. The van der Waals surface area contributed by atoms with Gasteiger partial charge in [-0.05, 0) is 19.8 Å². The summed E-state index contributed by atoms with van der Waals surface area (Å²) >= 11 is 0. The molecular weight excluding hydrogens is 230 g/mol. The van der Waals surface area contributed by atoms with Crippen molar-refractivity contribution < 1.29 is 9.90 Å². The van der Waals surface area contributed by atoms with Gasteiger partial charge in [0.05, 0.1) is 12.2 Å². The molecule has 0 spiro atoms. The molecule has 1 saturated carbocycles. The summed E-state index contributed by atoms with van der Waals surface area (Å²) < 4.78 is 0. The Balaban J connectivity index is 1.91. The first kappa shape index (κ1) is 11.6. The lowest BCUT2D eigenvalue weighted by Crippen LogP contribution is -2.41. The average molecular weight is 249 g/mol. The predicted molar refractivity (Wildman–Crippen MR) is 66.5 cm³/mol. The van der Waals surface area contributed by atoms with Crippen LogP contribution in [0.5, 0.6) is 0 Å². The standard InChI is InChI=1S/C13H19N3O2/c1-8-6-11-10(7-16(8)13(17)18)12(15-14-11)9-4-2-3-5-9/h8-9H,2-7H2,1H3,(H,14,15)(H,17,18)/t8-/m1/s1. The van der Waals surface area contributed by atoms with Gasteiger partial charge in [-0.1, -0.05) is 12.8 Å². The van der Waals surface area contributed by atoms with Crippen LogP contribution in [-0.4, -0.2) is 32.3 Å². The molecular formula is C13H19N3O2. The Bertz CT molecular complexity index is 463. The number of carboxylic acid groups (broad SMARTS) is 1. The lowest BCUT2D eigenvalue weighted by atomic mass is 9.94. The normalized spacial score (nSPS) is 24.3. The third kappa shape index (κ3) is 1.78. The maximum absolute atomic E-state index is 11.2. The fourth-order valence-corrected chi connectivity index (χ4v) is 3.29. The van der Waals surface area contributed by atoms with Gasteiger partial charge >= 0.3 is 6.09 Å². The van der Waals surface area contributed by atoms with E-state index in [1.807, 2.05) is 6.92 Å². The van der Waals surface area contributed by atoms with Gasteiger partial charge in [0.15, 0.2) is 0 Å². The largest absolute Gasteiger partial charge is 0.465 e. The predicted octanol–water partition coefficient (Wildman–Crippen LogP) is 2.49. The Labute approximate surface area is 106 Å². The number of rotatable bonds is 1. The number of nitrogens with zero attached hydrogens (tertiary/aromatic N) is 2. The summed E-state index contributed by atoms with van der Waals surface area (Å²) in [6.45, 7) is 2.45. The first-order valence-corrected chi connectivity index (χ1v) is 6.72. The molecule has 0 radical (unpaired) electrons. The van der Waals surface area contributed by atoms with Gasteiger partial charge in [0.2, 0.25) is 0 Å². The minimum atomic E-state index is -0.827. The zero-order chi connectivity index (χ0) is 12.7. The highest BCUT2D eigenvalue weighted by Gasteiger charge is 2.32. The monoisotopic (exact) mass is 249 g/mol. The second kappa shape index (κ2) is 4.30. The molecule has 1 fully saturated rings. The highest BCUT2D eigenvalue weighted by Crippen LogP contribution is 2.37. The summed E-state index contributed by atoms with van der Waals surface area (Å²) in [7, 11) is 0. The van der Waals surface area contributed by atoms with E-state index in [-0.39, 0.29) is 6.04 Å². The van der Waals surface area contributed by atoms with Crippen LogP contribution in [-0.2, 0) is 13.0 Å². The van der Waals surface area contributed by atoms with Crippen LogP contribution in [0.4, 0.5) is 4.79 Å². The van der Waals surface area contributed by atoms with E-state index in [0.717, 1.165) is 23.4 Å². The van der Waals surface area contributed by atoms with E-state index < -0.39 is 6.09 Å². The zero-order valence-corrected chi connectivity index (χ0v) is 10.6. The van der Waals surface area contributed by atoms with Crippen molar-refractivity contribution in [2.75, 3.05) is 0 Å². The van der Waals surface area contributed by atoms with Crippen molar-refractivity contribution in [1.82, 2.24) is 15.1 Å². The molecule has 18 heavy (non-hydrogen) atoms. The lowest BCUT2D eigenvalue weighted by molar-refractivity contribution is 0.119. The second-order valence-electron chi connectivity index (χ2n) is 5.51. The summed E-state index contributed by atoms with van der Waals surface area (Å²) in [5.41, 5.74) is 3.41. The smallest absolute Gasteiger partial charge is 0.407 e. The zero-order valence-electron chi connectivity index (χ0n) is 10.6. The molecule has 5 heteroatoms. The second-order valence-corrected chi connectivity index (χ2v) is 5.51. The summed E-state index contributed by atoms with van der Waals surface area (Å²) in [5, 5.41) is 16.8. The summed E-state index contributed by atoms with van der Waals surface area (Å²) in [6.07, 6.45) is 4.85. The molecule has 0 bridgehead atoms. The van der Waals surface area contributed by atoms with Crippen molar-refractivity contribution >= 4 is 6.09 Å². The number of hydrogen-bond acceptors (Lipinski definition) is 2. The molecule has 0 saturated heterocycles. The first-order chi connectivity index (χ1) is 8.66. The Morgan fingerprint density at radius 1 is 1.44 bits per heavy atom. The molecule has 5 nitrogen and oxygen atoms in total. The summed E-state index contributed by atoms with van der Waals surface area (Å²) in [4.78, 5) is 12.7. The van der Waals surface area contributed by atoms with Gasteiger partial charge in [0, 0.05) is 29.6 Å². The maximum atomic E-state index is 11.2. The Kier molecular flexibility index (Phi) is 2.76. The van der Waals surface area contributed by atoms with E-state index >= 15 is 0 Å². The Hall–Kier alpha value is -1.52. The van der Waals surface area contributed by atoms with Gasteiger partial charge in [-0.2, -0.15) is 5.10 Å². The lowest BCUT2D eigenvalue weighted by Gasteiger charge is -2.31. The van der Waals surface area contributed by atoms with Crippen LogP contribution in [0.25, 0.3) is 0 Å². The van der Waals surface area contributed by atoms with Crippen molar-refractivity contribution in [3.05, 3.63) is 17.0 Å². The molecule has 98 valence electrons. The van der Waals surface area contributed by atoms with Crippen molar-refractivity contribution in [3.8, 4) is 0 Å². The summed E-state index contributed by atoms with van der Waals surface area (Å²) in [6, 6.07) is 0.0341. The highest BCUT2D eigenvalue weighted by molar-refractivity contribution is 5.66. The number of hydrogen-bond donors (Lipinski definition) is 2. The minimum Gasteiger partial charge on any atom is -0.465 e. The number of aromatic nitrogens is 2. The van der Waals surface area contributed by atoms with Gasteiger partial charge in [-0.25, -0.2) is 4.79 Å². The molecule has 1 amide bonds. The molecule has 1 atom stereocenters. The maximum Gasteiger partial charge on any atom is 0.407 e. The van der Waals surface area contributed by atoms with Crippen molar-refractivity contribution in [2.45, 2.75) is 57.5 Å². The van der Waals surface area contributed by atoms with Crippen LogP contribution in [0.15, 0.2) is 0 Å². The van der Waals surface area contributed by atoms with Crippen LogP contribution < -0.4 is 0 Å². The molecule has 0 aromatic carbocycles. The van der Waals surface area contributed by atoms with E-state index in [4.69, 9.17) is 0 Å². The number of carbonyl (C=O) groups is 1. The van der Waals surface area contributed by atoms with Gasteiger partial charge in [-0.3, -0.25) is 5.10 Å². The van der Waals surface area contributed by atoms with E-state index in [2.05, 4.69) is 10.2 Å². The number of nitrogens with one attached hydrogen (secondary N) is 1. The molecule has 2 aliphatic rings. The number of H-pyrrole nitrogens is 1. The fraction of sp³-hybridized carbons (Fsp3) is 0.692. The average Bonchev–Trinajstić information content (AvgIpc) is 2.94. The molecule has 2 heterocycles. The quantitative estimate of drug-likeness (QED) is 0.803. The Morgan fingerprint density at radius 3 is 2.83 bits per heavy atom. The molecule has 0 unspecified atom stereocenters. The van der Waals surface area contributed by atoms with E-state index in [9.17, 15) is 9.90 Å². The summed E-state index contributed by atoms with van der Waals surface area (Å²) in [5.74, 6) is 0.536. The topological polar surface area (TPSA) is 69.2 Å². The van der Waals surface area contributed by atoms with Crippen molar-refractivity contribution in [1.29, 1.82) is 0 Å². The molecule has 1 aromatic rings. The Morgan fingerprint density at radius 2 is 2.17 bits per heavy atom. The van der Waals surface area contributed by atoms with Gasteiger partial charge < -0.3 is 10.0 Å². The third-order valence-electron chi connectivity index (χ3n) is 4.33. The first-order valence-electron chi connectivity index (χ1n) is 6.72. The highest BCUT2D eigenvalue weighted by atomic mass is 16.4. The van der Waals surface area contributed by atoms with Crippen LogP contribution in [0.1, 0.15) is 55.5 Å².